The molecule has 3 rings (SSSR count). The maximum Gasteiger partial charge on any atom is 0.279 e. The van der Waals surface area contributed by atoms with Gasteiger partial charge in [-0.3, -0.25) is 4.79 Å². The van der Waals surface area contributed by atoms with Crippen molar-refractivity contribution in [3.63, 3.8) is 0 Å². The summed E-state index contributed by atoms with van der Waals surface area (Å²) >= 11 is 11.9. The lowest BCUT2D eigenvalue weighted by molar-refractivity contribution is -0.892. The van der Waals surface area contributed by atoms with Crippen LogP contribution in [0.3, 0.4) is 0 Å². The van der Waals surface area contributed by atoms with E-state index in [1.165, 1.54) is 10.6 Å². The molecule has 0 aromatic heterocycles. The van der Waals surface area contributed by atoms with Gasteiger partial charge >= 0.3 is 0 Å². The highest BCUT2D eigenvalue weighted by Gasteiger charge is 2.22. The molecule has 24 heavy (non-hydrogen) atoms. The third-order valence-electron chi connectivity index (χ3n) is 4.18. The maximum absolute atomic E-state index is 12.2. The molecule has 0 saturated carbocycles. The fraction of sp³-hybridized carbons (Fsp3) is 0.278. The van der Waals surface area contributed by atoms with E-state index in [0.29, 0.717) is 11.6 Å². The molecule has 0 radical (unpaired) electrons. The molecule has 1 fully saturated rings. The average molecular weight is 365 g/mol. The monoisotopic (exact) mass is 364 g/mol. The molecule has 2 N–H and O–H groups in total. The van der Waals surface area contributed by atoms with E-state index < -0.39 is 0 Å². The highest BCUT2D eigenvalue weighted by Crippen LogP contribution is 2.17. The zero-order valence-electron chi connectivity index (χ0n) is 13.3. The van der Waals surface area contributed by atoms with E-state index in [4.69, 9.17) is 23.2 Å². The topological polar surface area (TPSA) is 36.8 Å². The third-order valence-corrected chi connectivity index (χ3v) is 4.67. The average Bonchev–Trinajstić information content (AvgIpc) is 2.56. The molecule has 0 spiro atoms. The second kappa shape index (κ2) is 7.88. The first kappa shape index (κ1) is 17.1. The Balaban J connectivity index is 1.48. The van der Waals surface area contributed by atoms with Gasteiger partial charge in [-0.2, -0.15) is 0 Å². The molecular weight excluding hydrogens is 345 g/mol. The molecule has 6 heteroatoms. The fourth-order valence-electron chi connectivity index (χ4n) is 2.91. The number of benzene rings is 2. The Bertz CT molecular complexity index is 698. The van der Waals surface area contributed by atoms with Crippen LogP contribution in [-0.4, -0.2) is 38.6 Å². The van der Waals surface area contributed by atoms with E-state index in [-0.39, 0.29) is 5.91 Å². The quantitative estimate of drug-likeness (QED) is 0.873. The Hall–Kier alpha value is -1.75. The summed E-state index contributed by atoms with van der Waals surface area (Å²) in [5.74, 6) is 0.0206. The minimum Gasteiger partial charge on any atom is -0.360 e. The third kappa shape index (κ3) is 4.63. The van der Waals surface area contributed by atoms with Crippen LogP contribution in [0.2, 0.25) is 10.0 Å². The van der Waals surface area contributed by atoms with Crippen LogP contribution in [0, 0.1) is 0 Å². The Morgan fingerprint density at radius 3 is 2.42 bits per heavy atom. The summed E-state index contributed by atoms with van der Waals surface area (Å²) in [7, 11) is 0. The number of carbonyl (C=O) groups is 1. The largest absolute Gasteiger partial charge is 0.360 e. The van der Waals surface area contributed by atoms with Crippen LogP contribution in [0.5, 0.6) is 0 Å². The van der Waals surface area contributed by atoms with Gasteiger partial charge in [0.05, 0.1) is 26.2 Å². The zero-order chi connectivity index (χ0) is 16.9. The molecule has 2 aromatic carbocycles. The van der Waals surface area contributed by atoms with E-state index in [1.807, 2.05) is 36.4 Å². The molecule has 1 saturated heterocycles. The Morgan fingerprint density at radius 2 is 1.75 bits per heavy atom. The second-order valence-corrected chi connectivity index (χ2v) is 6.82. The normalized spacial score (nSPS) is 15.3. The summed E-state index contributed by atoms with van der Waals surface area (Å²) in [6, 6.07) is 15.1. The first-order valence-electron chi connectivity index (χ1n) is 8.00. The molecule has 126 valence electrons. The fourth-order valence-corrected chi connectivity index (χ4v) is 3.22. The first-order valence-corrected chi connectivity index (χ1v) is 8.75. The van der Waals surface area contributed by atoms with Crippen molar-refractivity contribution < 1.29 is 9.69 Å². The second-order valence-electron chi connectivity index (χ2n) is 5.95. The van der Waals surface area contributed by atoms with Crippen LogP contribution in [0.25, 0.3) is 0 Å². The minimum atomic E-state index is 0.0206. The highest BCUT2D eigenvalue weighted by atomic mass is 35.5. The minimum absolute atomic E-state index is 0.0206. The number of carbonyl (C=O) groups excluding carboxylic acids is 1. The molecule has 1 amide bonds. The number of hydrogen-bond acceptors (Lipinski definition) is 2. The van der Waals surface area contributed by atoms with Gasteiger partial charge in [-0.15, -0.1) is 0 Å². The zero-order valence-corrected chi connectivity index (χ0v) is 14.8. The molecule has 0 aliphatic carbocycles. The summed E-state index contributed by atoms with van der Waals surface area (Å²) in [5.41, 5.74) is 1.92. The smallest absolute Gasteiger partial charge is 0.279 e. The number of halogens is 2. The number of rotatable bonds is 4. The number of hydrogen-bond donors (Lipinski definition) is 2. The van der Waals surface area contributed by atoms with Crippen molar-refractivity contribution in [3.8, 4) is 0 Å². The van der Waals surface area contributed by atoms with Crippen molar-refractivity contribution in [2.75, 3.05) is 42.9 Å². The van der Waals surface area contributed by atoms with E-state index >= 15 is 0 Å². The van der Waals surface area contributed by atoms with Gasteiger partial charge < -0.3 is 15.1 Å². The molecule has 1 aliphatic heterocycles. The Labute approximate surface area is 152 Å². The molecule has 0 bridgehead atoms. The first-order chi connectivity index (χ1) is 11.6. The van der Waals surface area contributed by atoms with Crippen molar-refractivity contribution in [2.24, 2.45) is 0 Å². The maximum atomic E-state index is 12.2. The summed E-state index contributed by atoms with van der Waals surface area (Å²) in [6.45, 7) is 4.21. The molecule has 0 atom stereocenters. The number of anilines is 2. The van der Waals surface area contributed by atoms with Crippen LogP contribution < -0.4 is 15.1 Å². The van der Waals surface area contributed by atoms with Crippen molar-refractivity contribution in [2.45, 2.75) is 0 Å². The number of nitrogens with one attached hydrogen (secondary N) is 2. The lowest BCUT2D eigenvalue weighted by Crippen LogP contribution is -3.15. The SMILES string of the molecule is O=C(C[NH+]1CCN(c2ccc(Cl)cc2)CC1)Nc1cccc(Cl)c1. The van der Waals surface area contributed by atoms with Gasteiger partial charge in [-0.05, 0) is 42.5 Å². The van der Waals surface area contributed by atoms with E-state index in [1.54, 1.807) is 12.1 Å². The van der Waals surface area contributed by atoms with Gasteiger partial charge in [0.1, 0.15) is 0 Å². The molecule has 4 nitrogen and oxygen atoms in total. The highest BCUT2D eigenvalue weighted by molar-refractivity contribution is 6.31. The van der Waals surface area contributed by atoms with Gasteiger partial charge in [0.25, 0.3) is 5.91 Å². The van der Waals surface area contributed by atoms with Gasteiger partial charge in [-0.25, -0.2) is 0 Å². The predicted molar refractivity (Wildman–Crippen MR) is 99.3 cm³/mol. The van der Waals surface area contributed by atoms with E-state index in [2.05, 4.69) is 10.2 Å². The van der Waals surface area contributed by atoms with E-state index in [0.717, 1.165) is 36.9 Å². The predicted octanol–water partition coefficient (Wildman–Crippen LogP) is 2.34. The van der Waals surface area contributed by atoms with Gasteiger partial charge in [0.15, 0.2) is 6.54 Å². The summed E-state index contributed by atoms with van der Waals surface area (Å²) in [5, 5.41) is 4.28. The number of amides is 1. The molecule has 1 aliphatic rings. The van der Waals surface area contributed by atoms with Crippen LogP contribution >= 0.6 is 23.2 Å². The number of piperazine rings is 1. The number of quaternary nitrogens is 1. The van der Waals surface area contributed by atoms with Crippen molar-refractivity contribution in [1.82, 2.24) is 0 Å². The van der Waals surface area contributed by atoms with Crippen LogP contribution in [0.1, 0.15) is 0 Å². The molecule has 0 unspecified atom stereocenters. The number of nitrogens with zero attached hydrogens (tertiary/aromatic N) is 1. The Morgan fingerprint density at radius 1 is 1.04 bits per heavy atom. The van der Waals surface area contributed by atoms with Gasteiger partial charge in [0.2, 0.25) is 0 Å². The lowest BCUT2D eigenvalue weighted by Gasteiger charge is -2.33. The standard InChI is InChI=1S/C18H19Cl2N3O/c19-14-4-6-17(7-5-14)23-10-8-22(9-11-23)13-18(24)21-16-3-1-2-15(20)12-16/h1-7,12H,8-11,13H2,(H,21,24)/p+1. The molecular formula is C18H20Cl2N3O+. The van der Waals surface area contributed by atoms with Crippen molar-refractivity contribution >= 4 is 40.5 Å². The van der Waals surface area contributed by atoms with Crippen LogP contribution in [0.15, 0.2) is 48.5 Å². The summed E-state index contributed by atoms with van der Waals surface area (Å²) in [6.07, 6.45) is 0. The van der Waals surface area contributed by atoms with E-state index in [9.17, 15) is 4.79 Å². The summed E-state index contributed by atoms with van der Waals surface area (Å²) in [4.78, 5) is 15.8. The van der Waals surface area contributed by atoms with Gasteiger partial charge in [-0.1, -0.05) is 29.3 Å². The van der Waals surface area contributed by atoms with Gasteiger partial charge in [0, 0.05) is 21.4 Å². The summed E-state index contributed by atoms with van der Waals surface area (Å²) < 4.78 is 0. The van der Waals surface area contributed by atoms with Crippen molar-refractivity contribution in [1.29, 1.82) is 0 Å². The molecule has 1 heterocycles. The van der Waals surface area contributed by atoms with Crippen LogP contribution in [0.4, 0.5) is 11.4 Å². The lowest BCUT2D eigenvalue weighted by atomic mass is 10.2. The Kier molecular flexibility index (Phi) is 5.61. The van der Waals surface area contributed by atoms with Crippen molar-refractivity contribution in [3.05, 3.63) is 58.6 Å². The van der Waals surface area contributed by atoms with Crippen LogP contribution in [-0.2, 0) is 4.79 Å². The molecule has 2 aromatic rings.